The van der Waals surface area contributed by atoms with Crippen LogP contribution in [0.2, 0.25) is 0 Å². The molecule has 9 nitrogen and oxygen atoms in total. The molecule has 272 valence electrons. The van der Waals surface area contributed by atoms with Crippen molar-refractivity contribution in [3.63, 3.8) is 0 Å². The maximum absolute atomic E-state index is 14.1. The van der Waals surface area contributed by atoms with E-state index in [0.29, 0.717) is 6.42 Å². The van der Waals surface area contributed by atoms with Crippen molar-refractivity contribution in [2.45, 2.75) is 102 Å². The van der Waals surface area contributed by atoms with Gasteiger partial charge in [0, 0.05) is 18.5 Å². The van der Waals surface area contributed by atoms with Crippen LogP contribution in [-0.4, -0.2) is 48.2 Å². The average Bonchev–Trinajstić information content (AvgIpc) is 3.12. The smallest absolute Gasteiger partial charge is 0.408 e. The molecule has 2 atom stereocenters. The predicted octanol–water partition coefficient (Wildman–Crippen LogP) is 7.34. The zero-order valence-corrected chi connectivity index (χ0v) is 30.4. The lowest BCUT2D eigenvalue weighted by atomic mass is 9.77. The van der Waals surface area contributed by atoms with Crippen molar-refractivity contribution in [2.24, 2.45) is 5.92 Å². The minimum absolute atomic E-state index is 0.0269. The van der Waals surface area contributed by atoms with Crippen molar-refractivity contribution >= 4 is 23.9 Å². The lowest BCUT2D eigenvalue weighted by molar-refractivity contribution is -0.137. The SMILES string of the molecule is CCOC(=O)/C=C/[C@H](CCC(=O)NC(c1ccccc1)(c1ccccc1)c1ccccc1)NC(=O)[C@H](CC1CCCCC1)NC(=O)OC(C)(C)C. The first kappa shape index (κ1) is 38.9. The van der Waals surface area contributed by atoms with Gasteiger partial charge < -0.3 is 25.4 Å². The Balaban J connectivity index is 1.59. The summed E-state index contributed by atoms with van der Waals surface area (Å²) in [6.45, 7) is 7.22. The van der Waals surface area contributed by atoms with Crippen molar-refractivity contribution in [3.05, 3.63) is 120 Å². The molecule has 1 aliphatic rings. The monoisotopic (exact) mass is 695 g/mol. The summed E-state index contributed by atoms with van der Waals surface area (Å²) in [5, 5.41) is 9.15. The second-order valence-corrected chi connectivity index (χ2v) is 14.1. The van der Waals surface area contributed by atoms with E-state index in [4.69, 9.17) is 9.47 Å². The molecule has 0 unspecified atom stereocenters. The van der Waals surface area contributed by atoms with Crippen LogP contribution < -0.4 is 16.0 Å². The summed E-state index contributed by atoms with van der Waals surface area (Å²) in [6.07, 6.45) is 8.13. The molecule has 1 aliphatic carbocycles. The molecule has 9 heteroatoms. The van der Waals surface area contributed by atoms with Crippen LogP contribution in [0.5, 0.6) is 0 Å². The molecule has 3 N–H and O–H groups in total. The number of carbonyl (C=O) groups is 4. The molecule has 51 heavy (non-hydrogen) atoms. The summed E-state index contributed by atoms with van der Waals surface area (Å²) >= 11 is 0. The third kappa shape index (κ3) is 11.8. The lowest BCUT2D eigenvalue weighted by Gasteiger charge is -2.37. The zero-order chi connectivity index (χ0) is 36.7. The topological polar surface area (TPSA) is 123 Å². The van der Waals surface area contributed by atoms with Crippen molar-refractivity contribution in [1.82, 2.24) is 16.0 Å². The average molecular weight is 696 g/mol. The number of hydrogen-bond acceptors (Lipinski definition) is 6. The van der Waals surface area contributed by atoms with Crippen LogP contribution in [0.25, 0.3) is 0 Å². The molecule has 0 aliphatic heterocycles. The minimum atomic E-state index is -0.997. The molecule has 0 radical (unpaired) electrons. The summed E-state index contributed by atoms with van der Waals surface area (Å²) in [7, 11) is 0. The number of benzene rings is 3. The molecule has 3 aromatic rings. The van der Waals surface area contributed by atoms with Gasteiger partial charge in [-0.15, -0.1) is 0 Å². The standard InChI is InChI=1S/C42H53N3O6/c1-5-50-38(47)29-27-35(43-39(48)36(30-31-18-10-6-11-19-31)44-40(49)51-41(2,3)4)26-28-37(46)45-42(32-20-12-7-13-21-32,33-22-14-8-15-23-33)34-24-16-9-17-25-34/h7-9,12-17,20-25,27,29,31,35-36H,5-6,10-11,18-19,26,28,30H2,1-4H3,(H,43,48)(H,44,49)(H,45,46)/b29-27+/t35-,36-/m0/s1. The van der Waals surface area contributed by atoms with Gasteiger partial charge in [0.2, 0.25) is 11.8 Å². The molecular formula is C42H53N3O6. The second-order valence-electron chi connectivity index (χ2n) is 14.1. The molecule has 0 spiro atoms. The summed E-state index contributed by atoms with van der Waals surface area (Å²) in [6, 6.07) is 27.9. The van der Waals surface area contributed by atoms with Crippen LogP contribution in [0, 0.1) is 5.92 Å². The fraction of sp³-hybridized carbons (Fsp3) is 0.429. The molecule has 1 fully saturated rings. The molecule has 1 saturated carbocycles. The fourth-order valence-electron chi connectivity index (χ4n) is 6.66. The van der Waals surface area contributed by atoms with E-state index in [9.17, 15) is 19.2 Å². The Kier molecular flexibility index (Phi) is 14.4. The van der Waals surface area contributed by atoms with Crippen molar-refractivity contribution < 1.29 is 28.7 Å². The number of ether oxygens (including phenoxy) is 2. The highest BCUT2D eigenvalue weighted by Gasteiger charge is 2.38. The highest BCUT2D eigenvalue weighted by Crippen LogP contribution is 2.37. The minimum Gasteiger partial charge on any atom is -0.463 e. The Morgan fingerprint density at radius 3 is 1.80 bits per heavy atom. The van der Waals surface area contributed by atoms with Crippen LogP contribution in [0.3, 0.4) is 0 Å². The van der Waals surface area contributed by atoms with Gasteiger partial charge in [-0.2, -0.15) is 0 Å². The highest BCUT2D eigenvalue weighted by molar-refractivity contribution is 5.87. The van der Waals surface area contributed by atoms with Gasteiger partial charge in [-0.1, -0.05) is 129 Å². The van der Waals surface area contributed by atoms with Crippen molar-refractivity contribution in [3.8, 4) is 0 Å². The number of rotatable bonds is 15. The molecule has 0 bridgehead atoms. The Bertz CT molecular complexity index is 1480. The van der Waals surface area contributed by atoms with Gasteiger partial charge in [0.1, 0.15) is 17.2 Å². The Morgan fingerprint density at radius 1 is 0.784 bits per heavy atom. The van der Waals surface area contributed by atoms with E-state index in [0.717, 1.165) is 48.8 Å². The quantitative estimate of drug-likeness (QED) is 0.0869. The number of hydrogen-bond donors (Lipinski definition) is 3. The normalized spacial score (nSPS) is 15.0. The molecule has 3 aromatic carbocycles. The molecular weight excluding hydrogens is 642 g/mol. The first-order chi connectivity index (χ1) is 24.5. The first-order valence-corrected chi connectivity index (χ1v) is 18.1. The van der Waals surface area contributed by atoms with Gasteiger partial charge in [0.05, 0.1) is 6.61 Å². The van der Waals surface area contributed by atoms with Crippen molar-refractivity contribution in [1.29, 1.82) is 0 Å². The molecule has 4 rings (SSSR count). The zero-order valence-electron chi connectivity index (χ0n) is 30.4. The van der Waals surface area contributed by atoms with Gasteiger partial charge in [0.25, 0.3) is 0 Å². The summed E-state index contributed by atoms with van der Waals surface area (Å²) < 4.78 is 10.6. The van der Waals surface area contributed by atoms with Crippen LogP contribution in [-0.2, 0) is 29.4 Å². The third-order valence-corrected chi connectivity index (χ3v) is 9.01. The number of esters is 1. The van der Waals surface area contributed by atoms with Gasteiger partial charge in [-0.05, 0) is 63.1 Å². The van der Waals surface area contributed by atoms with Gasteiger partial charge in [0.15, 0.2) is 0 Å². The predicted molar refractivity (Wildman–Crippen MR) is 199 cm³/mol. The van der Waals surface area contributed by atoms with E-state index in [1.165, 1.54) is 6.08 Å². The fourth-order valence-corrected chi connectivity index (χ4v) is 6.66. The number of alkyl carbamates (subject to hydrolysis) is 1. The number of amides is 3. The van der Waals surface area contributed by atoms with Gasteiger partial charge in [-0.25, -0.2) is 9.59 Å². The van der Waals surface area contributed by atoms with E-state index >= 15 is 0 Å². The van der Waals surface area contributed by atoms with Crippen molar-refractivity contribution in [2.75, 3.05) is 6.61 Å². The Morgan fingerprint density at radius 2 is 1.31 bits per heavy atom. The van der Waals surface area contributed by atoms with Crippen LogP contribution in [0.15, 0.2) is 103 Å². The highest BCUT2D eigenvalue weighted by atomic mass is 16.6. The largest absolute Gasteiger partial charge is 0.463 e. The number of nitrogens with one attached hydrogen (secondary N) is 3. The molecule has 0 saturated heterocycles. The molecule has 0 heterocycles. The summed E-state index contributed by atoms with van der Waals surface area (Å²) in [5.41, 5.74) is 0.940. The third-order valence-electron chi connectivity index (χ3n) is 9.01. The van der Waals surface area contributed by atoms with Crippen LogP contribution in [0.4, 0.5) is 4.79 Å². The van der Waals surface area contributed by atoms with Crippen LogP contribution >= 0.6 is 0 Å². The van der Waals surface area contributed by atoms with Crippen LogP contribution in [0.1, 0.15) is 95.8 Å². The van der Waals surface area contributed by atoms with E-state index in [1.54, 1.807) is 33.8 Å². The maximum atomic E-state index is 14.1. The van der Waals surface area contributed by atoms with Gasteiger partial charge in [-0.3, -0.25) is 9.59 Å². The van der Waals surface area contributed by atoms with E-state index < -0.39 is 41.2 Å². The first-order valence-electron chi connectivity index (χ1n) is 18.1. The lowest BCUT2D eigenvalue weighted by Crippen LogP contribution is -2.51. The molecule has 3 amide bonds. The Labute approximate surface area is 302 Å². The second kappa shape index (κ2) is 18.9. The van der Waals surface area contributed by atoms with E-state index in [-0.39, 0.29) is 31.3 Å². The van der Waals surface area contributed by atoms with E-state index in [1.807, 2.05) is 91.0 Å². The Hall–Kier alpha value is -4.92. The number of carbonyl (C=O) groups excluding carboxylic acids is 4. The summed E-state index contributed by atoms with van der Waals surface area (Å²) in [4.78, 5) is 53.1. The summed E-state index contributed by atoms with van der Waals surface area (Å²) in [5.74, 6) is -0.924. The molecule has 0 aromatic heterocycles. The van der Waals surface area contributed by atoms with Gasteiger partial charge >= 0.3 is 12.1 Å². The maximum Gasteiger partial charge on any atom is 0.408 e. The van der Waals surface area contributed by atoms with E-state index in [2.05, 4.69) is 16.0 Å².